The van der Waals surface area contributed by atoms with Gasteiger partial charge in [-0.1, -0.05) is 51.2 Å². The number of aromatic nitrogens is 2. The van der Waals surface area contributed by atoms with Crippen molar-refractivity contribution in [1.82, 2.24) is 15.6 Å². The molecule has 0 unspecified atom stereocenters. The average Bonchev–Trinajstić information content (AvgIpc) is 3.34. The van der Waals surface area contributed by atoms with Gasteiger partial charge in [-0.05, 0) is 54.4 Å². The van der Waals surface area contributed by atoms with E-state index in [0.717, 1.165) is 35.7 Å². The number of rotatable bonds is 13. The number of methoxy groups -OCH3 is 1. The van der Waals surface area contributed by atoms with Crippen LogP contribution in [0.25, 0.3) is 11.3 Å². The zero-order valence-corrected chi connectivity index (χ0v) is 19.3. The highest BCUT2D eigenvalue weighted by molar-refractivity contribution is 5.94. The number of nitrogens with zero attached hydrogens (tertiary/aromatic N) is 2. The molecule has 0 spiro atoms. The number of ether oxygens (including phenoxy) is 2. The van der Waals surface area contributed by atoms with Gasteiger partial charge >= 0.3 is 0 Å². The lowest BCUT2D eigenvalue weighted by atomic mass is 10.1. The molecular weight excluding hydrogens is 416 g/mol. The van der Waals surface area contributed by atoms with Crippen molar-refractivity contribution in [3.63, 3.8) is 0 Å². The molecule has 7 nitrogen and oxygen atoms in total. The van der Waals surface area contributed by atoms with Gasteiger partial charge in [0.2, 0.25) is 0 Å². The Kier molecular flexibility index (Phi) is 9.51. The predicted octanol–water partition coefficient (Wildman–Crippen LogP) is 5.59. The third-order valence-electron chi connectivity index (χ3n) is 5.21. The summed E-state index contributed by atoms with van der Waals surface area (Å²) in [6.07, 6.45) is 9.00. The Morgan fingerprint density at radius 2 is 1.82 bits per heavy atom. The maximum absolute atomic E-state index is 12.3. The SMILES string of the molecule is CCCCCCCCOc1ccc(-c2cc(C(=O)NN=Cc3cccc(OC)c3)[nH]n2)cc1. The molecule has 1 heterocycles. The molecule has 174 valence electrons. The third kappa shape index (κ3) is 7.79. The van der Waals surface area contributed by atoms with Crippen LogP contribution in [0.2, 0.25) is 0 Å². The van der Waals surface area contributed by atoms with Crippen LogP contribution in [0.15, 0.2) is 59.7 Å². The molecule has 1 aromatic heterocycles. The first-order valence-corrected chi connectivity index (χ1v) is 11.5. The van der Waals surface area contributed by atoms with Crippen LogP contribution in [0.1, 0.15) is 61.5 Å². The number of amides is 1. The monoisotopic (exact) mass is 448 g/mol. The van der Waals surface area contributed by atoms with Crippen molar-refractivity contribution >= 4 is 12.1 Å². The average molecular weight is 449 g/mol. The smallest absolute Gasteiger partial charge is 0.289 e. The number of hydrogen-bond donors (Lipinski definition) is 2. The van der Waals surface area contributed by atoms with Gasteiger partial charge in [0.05, 0.1) is 25.6 Å². The number of H-pyrrole nitrogens is 1. The predicted molar refractivity (Wildman–Crippen MR) is 131 cm³/mol. The Morgan fingerprint density at radius 3 is 2.61 bits per heavy atom. The van der Waals surface area contributed by atoms with Gasteiger partial charge in [-0.15, -0.1) is 0 Å². The van der Waals surface area contributed by atoms with E-state index in [9.17, 15) is 4.79 Å². The molecule has 0 bridgehead atoms. The maximum Gasteiger partial charge on any atom is 0.289 e. The Balaban J connectivity index is 1.47. The minimum absolute atomic E-state index is 0.330. The third-order valence-corrected chi connectivity index (χ3v) is 5.21. The highest BCUT2D eigenvalue weighted by Gasteiger charge is 2.10. The van der Waals surface area contributed by atoms with Gasteiger partial charge in [-0.3, -0.25) is 9.89 Å². The normalized spacial score (nSPS) is 11.0. The summed E-state index contributed by atoms with van der Waals surface area (Å²) in [5.74, 6) is 1.20. The number of nitrogens with one attached hydrogen (secondary N) is 2. The molecule has 2 N–H and O–H groups in total. The quantitative estimate of drug-likeness (QED) is 0.203. The minimum atomic E-state index is -0.369. The summed E-state index contributed by atoms with van der Waals surface area (Å²) in [6, 6.07) is 16.8. The van der Waals surface area contributed by atoms with E-state index in [0.29, 0.717) is 11.4 Å². The standard InChI is InChI=1S/C26H32N4O3/c1-3-4-5-6-7-8-16-33-22-14-12-21(13-15-22)24-18-25(29-28-24)26(31)30-27-19-20-10-9-11-23(17-20)32-2/h9-15,17-19H,3-8,16H2,1-2H3,(H,28,29)(H,30,31). The largest absolute Gasteiger partial charge is 0.497 e. The van der Waals surface area contributed by atoms with E-state index >= 15 is 0 Å². The fourth-order valence-corrected chi connectivity index (χ4v) is 3.33. The van der Waals surface area contributed by atoms with Crippen LogP contribution in [0.4, 0.5) is 0 Å². The number of aromatic amines is 1. The fourth-order valence-electron chi connectivity index (χ4n) is 3.33. The zero-order chi connectivity index (χ0) is 23.3. The molecule has 33 heavy (non-hydrogen) atoms. The molecule has 3 aromatic rings. The molecule has 7 heteroatoms. The van der Waals surface area contributed by atoms with E-state index in [4.69, 9.17) is 9.47 Å². The van der Waals surface area contributed by atoms with Crippen LogP contribution in [-0.4, -0.2) is 36.0 Å². The molecule has 0 aliphatic heterocycles. The number of hydrazone groups is 1. The van der Waals surface area contributed by atoms with Crippen molar-refractivity contribution in [3.05, 3.63) is 65.9 Å². The van der Waals surface area contributed by atoms with Crippen molar-refractivity contribution in [3.8, 4) is 22.8 Å². The zero-order valence-electron chi connectivity index (χ0n) is 19.3. The summed E-state index contributed by atoms with van der Waals surface area (Å²) in [5, 5.41) is 11.0. The molecule has 2 aromatic carbocycles. The van der Waals surface area contributed by atoms with Gasteiger partial charge in [-0.25, -0.2) is 5.43 Å². The molecule has 0 radical (unpaired) electrons. The fraction of sp³-hybridized carbons (Fsp3) is 0.346. The second kappa shape index (κ2) is 13.1. The van der Waals surface area contributed by atoms with Crippen molar-refractivity contribution < 1.29 is 14.3 Å². The van der Waals surface area contributed by atoms with Gasteiger partial charge in [0.15, 0.2) is 0 Å². The Hall–Kier alpha value is -3.61. The molecule has 3 rings (SSSR count). The number of carbonyl (C=O) groups excluding carboxylic acids is 1. The molecule has 0 aliphatic rings. The van der Waals surface area contributed by atoms with Crippen LogP contribution in [0.5, 0.6) is 11.5 Å². The van der Waals surface area contributed by atoms with E-state index in [1.807, 2.05) is 48.5 Å². The Morgan fingerprint density at radius 1 is 1.03 bits per heavy atom. The lowest BCUT2D eigenvalue weighted by Gasteiger charge is -2.06. The van der Waals surface area contributed by atoms with Crippen LogP contribution >= 0.6 is 0 Å². The van der Waals surface area contributed by atoms with Crippen molar-refractivity contribution in [1.29, 1.82) is 0 Å². The Bertz CT molecular complexity index is 1030. The summed E-state index contributed by atoms with van der Waals surface area (Å²) in [5.41, 5.74) is 5.23. The molecule has 0 aliphatic carbocycles. The number of hydrogen-bond acceptors (Lipinski definition) is 5. The van der Waals surface area contributed by atoms with Crippen molar-refractivity contribution in [2.75, 3.05) is 13.7 Å². The molecule has 0 atom stereocenters. The molecular formula is C26H32N4O3. The van der Waals surface area contributed by atoms with Crippen LogP contribution in [0, 0.1) is 0 Å². The second-order valence-corrected chi connectivity index (χ2v) is 7.78. The van der Waals surface area contributed by atoms with E-state index < -0.39 is 0 Å². The first kappa shape index (κ1) is 24.0. The van der Waals surface area contributed by atoms with Crippen LogP contribution in [-0.2, 0) is 0 Å². The molecule has 0 saturated heterocycles. The lowest BCUT2D eigenvalue weighted by Crippen LogP contribution is -2.18. The summed E-state index contributed by atoms with van der Waals surface area (Å²) < 4.78 is 11.0. The van der Waals surface area contributed by atoms with Gasteiger partial charge in [0, 0.05) is 5.56 Å². The summed E-state index contributed by atoms with van der Waals surface area (Å²) in [6.45, 7) is 2.96. The highest BCUT2D eigenvalue weighted by atomic mass is 16.5. The van der Waals surface area contributed by atoms with Crippen molar-refractivity contribution in [2.45, 2.75) is 45.4 Å². The topological polar surface area (TPSA) is 88.6 Å². The lowest BCUT2D eigenvalue weighted by molar-refractivity contribution is 0.0950. The highest BCUT2D eigenvalue weighted by Crippen LogP contribution is 2.21. The van der Waals surface area contributed by atoms with E-state index in [1.54, 1.807) is 19.4 Å². The molecule has 0 fully saturated rings. The van der Waals surface area contributed by atoms with Crippen LogP contribution < -0.4 is 14.9 Å². The number of carbonyl (C=O) groups is 1. The summed E-state index contributed by atoms with van der Waals surface area (Å²) in [7, 11) is 1.60. The van der Waals surface area contributed by atoms with Crippen molar-refractivity contribution in [2.24, 2.45) is 5.10 Å². The maximum atomic E-state index is 12.3. The summed E-state index contributed by atoms with van der Waals surface area (Å²) >= 11 is 0. The van der Waals surface area contributed by atoms with E-state index in [2.05, 4.69) is 27.6 Å². The van der Waals surface area contributed by atoms with Gasteiger partial charge in [-0.2, -0.15) is 10.2 Å². The summed E-state index contributed by atoms with van der Waals surface area (Å²) in [4.78, 5) is 12.3. The second-order valence-electron chi connectivity index (χ2n) is 7.78. The van der Waals surface area contributed by atoms with Crippen LogP contribution in [0.3, 0.4) is 0 Å². The first-order chi connectivity index (χ1) is 16.2. The van der Waals surface area contributed by atoms with Gasteiger partial charge in [0.1, 0.15) is 17.2 Å². The van der Waals surface area contributed by atoms with Gasteiger partial charge < -0.3 is 9.47 Å². The van der Waals surface area contributed by atoms with E-state index in [1.165, 1.54) is 32.1 Å². The number of benzene rings is 2. The number of unbranched alkanes of at least 4 members (excludes halogenated alkanes) is 5. The van der Waals surface area contributed by atoms with Gasteiger partial charge in [0.25, 0.3) is 5.91 Å². The van der Waals surface area contributed by atoms with E-state index in [-0.39, 0.29) is 5.91 Å². The minimum Gasteiger partial charge on any atom is -0.497 e. The molecule has 0 saturated carbocycles. The molecule has 1 amide bonds. The Labute approximate surface area is 195 Å². The first-order valence-electron chi connectivity index (χ1n) is 11.5.